The Labute approximate surface area is 192 Å². The lowest BCUT2D eigenvalue weighted by Gasteiger charge is -2.23. The van der Waals surface area contributed by atoms with Crippen molar-refractivity contribution in [3.8, 4) is 0 Å². The monoisotopic (exact) mass is 435 g/mol. The maximum atomic E-state index is 15.9. The van der Waals surface area contributed by atoms with Crippen molar-refractivity contribution in [3.63, 3.8) is 0 Å². The van der Waals surface area contributed by atoms with Crippen LogP contribution in [0.5, 0.6) is 0 Å². The Kier molecular flexibility index (Phi) is 3.89. The molecule has 3 heteroatoms. The van der Waals surface area contributed by atoms with Gasteiger partial charge in [0.2, 0.25) is 5.52 Å². The van der Waals surface area contributed by atoms with E-state index in [-0.39, 0.29) is 5.82 Å². The molecular formula is C30H28FN2+. The molecule has 6 aromatic rings. The molecule has 1 fully saturated rings. The topological polar surface area (TPSA) is 8.29 Å². The van der Waals surface area contributed by atoms with E-state index in [0.717, 1.165) is 32.9 Å². The number of hydrogen-bond donors (Lipinski definition) is 0. The average molecular weight is 436 g/mol. The minimum Gasteiger partial charge on any atom is -0.307 e. The number of aryl methyl sites for hydroxylation is 2. The Hall–Kier alpha value is -3.20. The lowest BCUT2D eigenvalue weighted by molar-refractivity contribution is -0.643. The number of benzene rings is 3. The highest BCUT2D eigenvalue weighted by atomic mass is 19.1. The van der Waals surface area contributed by atoms with Crippen LogP contribution in [0.15, 0.2) is 48.7 Å². The van der Waals surface area contributed by atoms with Gasteiger partial charge in [0.05, 0.1) is 27.3 Å². The van der Waals surface area contributed by atoms with Crippen LogP contribution in [0, 0.1) is 19.7 Å². The minimum atomic E-state index is -0.0806. The van der Waals surface area contributed by atoms with Gasteiger partial charge in [0.1, 0.15) is 12.9 Å². The molecule has 3 heterocycles. The number of hydrogen-bond acceptors (Lipinski definition) is 0. The molecule has 1 saturated carbocycles. The van der Waals surface area contributed by atoms with E-state index in [0.29, 0.717) is 5.92 Å². The van der Waals surface area contributed by atoms with Crippen LogP contribution in [0.3, 0.4) is 0 Å². The van der Waals surface area contributed by atoms with Gasteiger partial charge in [-0.05, 0) is 66.8 Å². The summed E-state index contributed by atoms with van der Waals surface area (Å²) in [6.07, 6.45) is 8.69. The summed E-state index contributed by atoms with van der Waals surface area (Å²) in [6.45, 7) is 4.00. The smallest absolute Gasteiger partial charge is 0.224 e. The lowest BCUT2D eigenvalue weighted by atomic mass is 9.83. The first-order chi connectivity index (χ1) is 16.1. The molecule has 0 radical (unpaired) electrons. The minimum absolute atomic E-state index is 0.0806. The highest BCUT2D eigenvalue weighted by molar-refractivity contribution is 6.26. The normalized spacial score (nSPS) is 15.8. The SMILES string of the molecule is Cc1c(F)c2c3ccccc3n3c4cc(C5CCCCC5)cc5cc[n+](C)c(c(c1C)c23)c54. The summed E-state index contributed by atoms with van der Waals surface area (Å²) in [5, 5.41) is 5.50. The van der Waals surface area contributed by atoms with Crippen molar-refractivity contribution in [1.29, 1.82) is 0 Å². The molecule has 0 N–H and O–H groups in total. The van der Waals surface area contributed by atoms with Crippen molar-refractivity contribution in [1.82, 2.24) is 4.40 Å². The van der Waals surface area contributed by atoms with Crippen LogP contribution >= 0.6 is 0 Å². The highest BCUT2D eigenvalue weighted by Crippen LogP contribution is 2.44. The maximum absolute atomic E-state index is 15.9. The number of halogens is 1. The van der Waals surface area contributed by atoms with Crippen molar-refractivity contribution in [2.24, 2.45) is 7.05 Å². The van der Waals surface area contributed by atoms with E-state index >= 15 is 4.39 Å². The van der Waals surface area contributed by atoms with Gasteiger partial charge in [0.15, 0.2) is 6.20 Å². The second kappa shape index (κ2) is 6.66. The summed E-state index contributed by atoms with van der Waals surface area (Å²) in [4.78, 5) is 0. The zero-order valence-electron chi connectivity index (χ0n) is 19.5. The van der Waals surface area contributed by atoms with Crippen LogP contribution in [-0.2, 0) is 7.05 Å². The summed E-state index contributed by atoms with van der Waals surface area (Å²) in [5.74, 6) is 0.537. The Morgan fingerprint density at radius 3 is 2.48 bits per heavy atom. The maximum Gasteiger partial charge on any atom is 0.224 e. The first-order valence-electron chi connectivity index (χ1n) is 12.2. The molecule has 1 aliphatic rings. The average Bonchev–Trinajstić information content (AvgIpc) is 3.19. The lowest BCUT2D eigenvalue weighted by Crippen LogP contribution is -2.29. The Bertz CT molecular complexity index is 1730. The zero-order chi connectivity index (χ0) is 22.4. The third-order valence-electron chi connectivity index (χ3n) is 8.39. The first kappa shape index (κ1) is 19.3. The van der Waals surface area contributed by atoms with E-state index in [4.69, 9.17) is 0 Å². The molecule has 0 atom stereocenters. The van der Waals surface area contributed by atoms with Crippen molar-refractivity contribution in [3.05, 3.63) is 71.2 Å². The molecule has 0 spiro atoms. The van der Waals surface area contributed by atoms with Crippen LogP contribution < -0.4 is 4.57 Å². The van der Waals surface area contributed by atoms with Gasteiger partial charge in [0.25, 0.3) is 0 Å². The van der Waals surface area contributed by atoms with E-state index < -0.39 is 0 Å². The van der Waals surface area contributed by atoms with Crippen molar-refractivity contribution < 1.29 is 8.96 Å². The zero-order valence-corrected chi connectivity index (χ0v) is 19.5. The van der Waals surface area contributed by atoms with Crippen molar-refractivity contribution in [2.75, 3.05) is 0 Å². The molecule has 33 heavy (non-hydrogen) atoms. The van der Waals surface area contributed by atoms with Crippen LogP contribution in [0.2, 0.25) is 0 Å². The second-order valence-corrected chi connectivity index (χ2v) is 10.1. The Morgan fingerprint density at radius 2 is 1.67 bits per heavy atom. The third-order valence-corrected chi connectivity index (χ3v) is 8.39. The van der Waals surface area contributed by atoms with Crippen LogP contribution in [-0.4, -0.2) is 4.40 Å². The van der Waals surface area contributed by atoms with E-state index in [1.165, 1.54) is 64.9 Å². The van der Waals surface area contributed by atoms with Gasteiger partial charge in [-0.1, -0.05) is 43.5 Å². The van der Waals surface area contributed by atoms with E-state index in [1.807, 2.05) is 13.0 Å². The third kappa shape index (κ3) is 2.40. The Morgan fingerprint density at radius 1 is 0.879 bits per heavy atom. The number of rotatable bonds is 1. The summed E-state index contributed by atoms with van der Waals surface area (Å²) in [5.41, 5.74) is 7.76. The number of nitrogens with zero attached hydrogens (tertiary/aromatic N) is 2. The fraction of sp³-hybridized carbons (Fsp3) is 0.300. The van der Waals surface area contributed by atoms with Gasteiger partial charge in [-0.25, -0.2) is 8.96 Å². The van der Waals surface area contributed by atoms with Gasteiger partial charge in [-0.3, -0.25) is 0 Å². The standard InChI is InChI=1S/C30H28FN2/c1-17-18(2)28(31)27-22-11-7-8-12-23(22)33-24-16-21(19-9-5-4-6-10-19)15-20-13-14-32(3)29(26(20)24)25(17)30(27)33/h7-8,11-16,19H,4-6,9-10H2,1-3H3/q+1. The molecule has 0 amide bonds. The van der Waals surface area contributed by atoms with E-state index in [2.05, 4.69) is 65.5 Å². The van der Waals surface area contributed by atoms with Crippen LogP contribution in [0.4, 0.5) is 4.39 Å². The van der Waals surface area contributed by atoms with Gasteiger partial charge >= 0.3 is 0 Å². The largest absolute Gasteiger partial charge is 0.307 e. The molecule has 2 nitrogen and oxygen atoms in total. The van der Waals surface area contributed by atoms with Crippen molar-refractivity contribution >= 4 is 49.0 Å². The Balaban J connectivity index is 1.81. The van der Waals surface area contributed by atoms with Crippen LogP contribution in [0.25, 0.3) is 49.0 Å². The second-order valence-electron chi connectivity index (χ2n) is 10.1. The summed E-state index contributed by atoms with van der Waals surface area (Å²) >= 11 is 0. The molecule has 3 aromatic carbocycles. The molecule has 164 valence electrons. The fourth-order valence-corrected chi connectivity index (χ4v) is 6.61. The van der Waals surface area contributed by atoms with Gasteiger partial charge in [-0.2, -0.15) is 0 Å². The van der Waals surface area contributed by atoms with Gasteiger partial charge in [-0.15, -0.1) is 0 Å². The van der Waals surface area contributed by atoms with E-state index in [9.17, 15) is 0 Å². The van der Waals surface area contributed by atoms with Gasteiger partial charge < -0.3 is 4.40 Å². The van der Waals surface area contributed by atoms with E-state index in [1.54, 1.807) is 0 Å². The molecule has 1 aliphatic carbocycles. The quantitative estimate of drug-likeness (QED) is 0.143. The highest BCUT2D eigenvalue weighted by Gasteiger charge is 2.28. The fourth-order valence-electron chi connectivity index (χ4n) is 6.61. The van der Waals surface area contributed by atoms with Crippen molar-refractivity contribution in [2.45, 2.75) is 51.9 Å². The summed E-state index contributed by atoms with van der Waals surface area (Å²) in [7, 11) is 2.12. The first-order valence-corrected chi connectivity index (χ1v) is 12.2. The summed E-state index contributed by atoms with van der Waals surface area (Å²) in [6, 6.07) is 15.4. The number of pyridine rings is 2. The molecule has 0 unspecified atom stereocenters. The van der Waals surface area contributed by atoms with Gasteiger partial charge in [0, 0.05) is 16.8 Å². The number of fused-ring (bicyclic) bond motifs is 5. The number of para-hydroxylation sites is 1. The predicted molar refractivity (Wildman–Crippen MR) is 135 cm³/mol. The molecule has 3 aromatic heterocycles. The molecule has 0 aliphatic heterocycles. The van der Waals surface area contributed by atoms with Crippen LogP contribution in [0.1, 0.15) is 54.7 Å². The molecule has 7 rings (SSSR count). The number of aromatic nitrogens is 2. The molecule has 0 bridgehead atoms. The predicted octanol–water partition coefficient (Wildman–Crippen LogP) is 7.62. The molecule has 0 saturated heterocycles. The summed E-state index contributed by atoms with van der Waals surface area (Å²) < 4.78 is 20.4. The molecular weight excluding hydrogens is 407 g/mol.